The zero-order valence-electron chi connectivity index (χ0n) is 10.9. The van der Waals surface area contributed by atoms with Gasteiger partial charge in [0.2, 0.25) is 5.95 Å². The highest BCUT2D eigenvalue weighted by atomic mass is 19.1. The van der Waals surface area contributed by atoms with Gasteiger partial charge in [-0.2, -0.15) is 0 Å². The quantitative estimate of drug-likeness (QED) is 0.777. The van der Waals surface area contributed by atoms with Crippen LogP contribution in [0.1, 0.15) is 12.5 Å². The van der Waals surface area contributed by atoms with Gasteiger partial charge in [-0.15, -0.1) is 0 Å². The average Bonchev–Trinajstić information content (AvgIpc) is 2.75. The molecule has 2 aromatic carbocycles. The van der Waals surface area contributed by atoms with Gasteiger partial charge < -0.3 is 5.73 Å². The van der Waals surface area contributed by atoms with E-state index >= 15 is 0 Å². The molecule has 0 amide bonds. The lowest BCUT2D eigenvalue weighted by atomic mass is 10.1. The molecule has 0 spiro atoms. The summed E-state index contributed by atoms with van der Waals surface area (Å²) in [5.41, 5.74) is 8.13. The number of halogens is 2. The molecule has 3 nitrogen and oxygen atoms in total. The molecule has 1 aromatic heterocycles. The monoisotopic (exact) mass is 273 g/mol. The van der Waals surface area contributed by atoms with Gasteiger partial charge in [-0.3, -0.25) is 4.57 Å². The lowest BCUT2D eigenvalue weighted by Gasteiger charge is -2.11. The zero-order chi connectivity index (χ0) is 14.3. The van der Waals surface area contributed by atoms with E-state index in [1.807, 2.05) is 31.2 Å². The Labute approximate surface area is 114 Å². The van der Waals surface area contributed by atoms with Gasteiger partial charge in [0.05, 0.1) is 11.2 Å². The van der Waals surface area contributed by atoms with Crippen LogP contribution in [0.4, 0.5) is 14.7 Å². The maximum absolute atomic E-state index is 13.8. The van der Waals surface area contributed by atoms with Crippen LogP contribution in [0, 0.1) is 11.6 Å². The number of nitrogen functional groups attached to an aromatic ring is 1. The van der Waals surface area contributed by atoms with Crippen molar-refractivity contribution in [1.29, 1.82) is 0 Å². The number of nitrogens with zero attached hydrogens (tertiary/aromatic N) is 2. The number of nitrogens with two attached hydrogens (primary N) is 1. The van der Waals surface area contributed by atoms with E-state index in [0.29, 0.717) is 5.52 Å². The second-order valence-electron chi connectivity index (χ2n) is 4.54. The van der Waals surface area contributed by atoms with Crippen LogP contribution in [-0.4, -0.2) is 9.55 Å². The van der Waals surface area contributed by atoms with Gasteiger partial charge in [-0.05, 0) is 18.1 Å². The number of fused-ring (bicyclic) bond motifs is 1. The number of anilines is 1. The molecule has 5 heteroatoms. The van der Waals surface area contributed by atoms with Crippen LogP contribution in [0.2, 0.25) is 0 Å². The van der Waals surface area contributed by atoms with Crippen molar-refractivity contribution in [2.45, 2.75) is 13.3 Å². The Hall–Kier alpha value is -2.43. The molecule has 0 fully saturated rings. The standard InChI is InChI=1S/C15H13F2N3/c1-2-9-5-3-4-6-12(9)20-13-8-10(16)7-11(17)14(13)19-15(20)18/h3-8H,2H2,1H3,(H2,18,19). The van der Waals surface area contributed by atoms with E-state index in [9.17, 15) is 8.78 Å². The number of hydrogen-bond acceptors (Lipinski definition) is 2. The average molecular weight is 273 g/mol. The Balaban J connectivity index is 2.39. The highest BCUT2D eigenvalue weighted by molar-refractivity contribution is 5.81. The first kappa shape index (κ1) is 12.6. The molecular formula is C15H13F2N3. The van der Waals surface area contributed by atoms with E-state index in [4.69, 9.17) is 5.73 Å². The Morgan fingerprint density at radius 3 is 2.70 bits per heavy atom. The number of aromatic nitrogens is 2. The van der Waals surface area contributed by atoms with Crippen molar-refractivity contribution >= 4 is 17.0 Å². The van der Waals surface area contributed by atoms with Crippen molar-refractivity contribution < 1.29 is 8.78 Å². The minimum atomic E-state index is -0.709. The van der Waals surface area contributed by atoms with Gasteiger partial charge in [-0.1, -0.05) is 25.1 Å². The summed E-state index contributed by atoms with van der Waals surface area (Å²) < 4.78 is 28.8. The third-order valence-corrected chi connectivity index (χ3v) is 3.32. The van der Waals surface area contributed by atoms with E-state index in [2.05, 4.69) is 4.98 Å². The molecule has 0 saturated heterocycles. The van der Waals surface area contributed by atoms with Crippen molar-refractivity contribution in [2.24, 2.45) is 0 Å². The summed E-state index contributed by atoms with van der Waals surface area (Å²) in [7, 11) is 0. The Kier molecular flexibility index (Phi) is 2.89. The Morgan fingerprint density at radius 1 is 1.20 bits per heavy atom. The van der Waals surface area contributed by atoms with Crippen molar-refractivity contribution in [3.63, 3.8) is 0 Å². The second kappa shape index (κ2) is 4.59. The molecule has 102 valence electrons. The molecule has 0 saturated carbocycles. The van der Waals surface area contributed by atoms with Gasteiger partial charge in [0.1, 0.15) is 11.3 Å². The Bertz CT molecular complexity index is 793. The minimum Gasteiger partial charge on any atom is -0.369 e. The fourth-order valence-corrected chi connectivity index (χ4v) is 2.40. The molecule has 3 rings (SSSR count). The normalized spacial score (nSPS) is 11.2. The molecule has 0 atom stereocenters. The highest BCUT2D eigenvalue weighted by Gasteiger charge is 2.16. The summed E-state index contributed by atoms with van der Waals surface area (Å²) in [6.45, 7) is 2.01. The minimum absolute atomic E-state index is 0.0785. The van der Waals surface area contributed by atoms with Crippen molar-refractivity contribution in [3.8, 4) is 5.69 Å². The summed E-state index contributed by atoms with van der Waals surface area (Å²) in [6.07, 6.45) is 0.785. The van der Waals surface area contributed by atoms with Crippen LogP contribution in [0.3, 0.4) is 0 Å². The van der Waals surface area contributed by atoms with Crippen LogP contribution in [0.15, 0.2) is 36.4 Å². The topological polar surface area (TPSA) is 43.8 Å². The summed E-state index contributed by atoms with van der Waals surface area (Å²) in [5, 5.41) is 0. The van der Waals surface area contributed by atoms with Crippen LogP contribution in [0.25, 0.3) is 16.7 Å². The van der Waals surface area contributed by atoms with E-state index < -0.39 is 11.6 Å². The van der Waals surface area contributed by atoms with E-state index in [-0.39, 0.29) is 11.5 Å². The largest absolute Gasteiger partial charge is 0.369 e. The Morgan fingerprint density at radius 2 is 1.95 bits per heavy atom. The van der Waals surface area contributed by atoms with Gasteiger partial charge in [0.15, 0.2) is 5.82 Å². The van der Waals surface area contributed by atoms with Gasteiger partial charge in [0, 0.05) is 12.1 Å². The second-order valence-corrected chi connectivity index (χ2v) is 4.54. The van der Waals surface area contributed by atoms with Gasteiger partial charge in [0.25, 0.3) is 0 Å². The van der Waals surface area contributed by atoms with Crippen LogP contribution >= 0.6 is 0 Å². The van der Waals surface area contributed by atoms with Crippen molar-refractivity contribution in [1.82, 2.24) is 9.55 Å². The first-order valence-corrected chi connectivity index (χ1v) is 6.33. The van der Waals surface area contributed by atoms with E-state index in [0.717, 1.165) is 23.7 Å². The number of imidazole rings is 1. The first-order chi connectivity index (χ1) is 9.61. The summed E-state index contributed by atoms with van der Waals surface area (Å²) in [4.78, 5) is 4.00. The van der Waals surface area contributed by atoms with E-state index in [1.165, 1.54) is 6.07 Å². The van der Waals surface area contributed by atoms with Crippen LogP contribution in [0.5, 0.6) is 0 Å². The third-order valence-electron chi connectivity index (χ3n) is 3.32. The van der Waals surface area contributed by atoms with Gasteiger partial charge in [-0.25, -0.2) is 13.8 Å². The maximum Gasteiger partial charge on any atom is 0.206 e. The molecule has 2 N–H and O–H groups in total. The third kappa shape index (κ3) is 1.82. The SMILES string of the molecule is CCc1ccccc1-n1c(N)nc2c(F)cc(F)cc21. The van der Waals surface area contributed by atoms with Crippen LogP contribution in [-0.2, 0) is 6.42 Å². The van der Waals surface area contributed by atoms with E-state index in [1.54, 1.807) is 4.57 Å². The lowest BCUT2D eigenvalue weighted by molar-refractivity contribution is 0.590. The number of hydrogen-bond donors (Lipinski definition) is 1. The predicted molar refractivity (Wildman–Crippen MR) is 74.8 cm³/mol. The highest BCUT2D eigenvalue weighted by Crippen LogP contribution is 2.27. The fraction of sp³-hybridized carbons (Fsp3) is 0.133. The fourth-order valence-electron chi connectivity index (χ4n) is 2.40. The molecule has 3 aromatic rings. The first-order valence-electron chi connectivity index (χ1n) is 6.33. The molecule has 1 heterocycles. The van der Waals surface area contributed by atoms with Crippen molar-refractivity contribution in [2.75, 3.05) is 5.73 Å². The lowest BCUT2D eigenvalue weighted by Crippen LogP contribution is -2.03. The zero-order valence-corrected chi connectivity index (χ0v) is 10.9. The number of rotatable bonds is 2. The molecule has 20 heavy (non-hydrogen) atoms. The molecule has 0 aliphatic rings. The van der Waals surface area contributed by atoms with Crippen LogP contribution < -0.4 is 5.73 Å². The molecule has 0 aliphatic carbocycles. The number of para-hydroxylation sites is 1. The predicted octanol–water partition coefficient (Wildman–Crippen LogP) is 3.45. The molecule has 0 aliphatic heterocycles. The summed E-state index contributed by atoms with van der Waals surface area (Å²) in [5.74, 6) is -1.21. The number of benzene rings is 2. The molecule has 0 unspecified atom stereocenters. The summed E-state index contributed by atoms with van der Waals surface area (Å²) >= 11 is 0. The molecule has 0 radical (unpaired) electrons. The molecule has 0 bridgehead atoms. The van der Waals surface area contributed by atoms with Gasteiger partial charge >= 0.3 is 0 Å². The summed E-state index contributed by atoms with van der Waals surface area (Å²) in [6, 6.07) is 9.64. The smallest absolute Gasteiger partial charge is 0.206 e. The number of aryl methyl sites for hydroxylation is 1. The maximum atomic E-state index is 13.8. The van der Waals surface area contributed by atoms with Crippen molar-refractivity contribution in [3.05, 3.63) is 53.6 Å². The molecular weight excluding hydrogens is 260 g/mol.